The topological polar surface area (TPSA) is 20.2 Å². The maximum atomic E-state index is 11.0. The maximum Gasteiger partial charge on any atom is 2.00 e. The van der Waals surface area contributed by atoms with Gasteiger partial charge >= 0.3 is 17.1 Å². The van der Waals surface area contributed by atoms with Gasteiger partial charge in [-0.25, -0.2) is 0 Å². The summed E-state index contributed by atoms with van der Waals surface area (Å²) in [5.74, 6) is 2.07. The molecule has 3 unspecified atom stereocenters. The van der Waals surface area contributed by atoms with Gasteiger partial charge in [0.25, 0.3) is 0 Å². The van der Waals surface area contributed by atoms with Gasteiger partial charge in [0.2, 0.25) is 0 Å². The monoisotopic (exact) mass is 485 g/mol. The van der Waals surface area contributed by atoms with Crippen molar-refractivity contribution in [2.45, 2.75) is 131 Å². The van der Waals surface area contributed by atoms with Crippen LogP contribution in [0.2, 0.25) is 0 Å². The first-order chi connectivity index (χ1) is 12.2. The summed E-state index contributed by atoms with van der Waals surface area (Å²) in [4.78, 5) is 11.0. The van der Waals surface area contributed by atoms with Gasteiger partial charge in [-0.05, 0) is 62.7 Å². The van der Waals surface area contributed by atoms with Crippen molar-refractivity contribution in [2.75, 3.05) is 0 Å². The van der Waals surface area contributed by atoms with Crippen LogP contribution in [0.15, 0.2) is 0 Å². The van der Waals surface area contributed by atoms with E-state index in [0.29, 0.717) is 34.2 Å². The van der Waals surface area contributed by atoms with Crippen molar-refractivity contribution in [2.24, 2.45) is 28.6 Å². The van der Waals surface area contributed by atoms with Gasteiger partial charge in [-0.2, -0.15) is 0 Å². The molecule has 0 saturated heterocycles. The number of rotatable bonds is 3. The number of hydrogen-bond donors (Lipinski definition) is 1. The minimum absolute atomic E-state index is 0. The zero-order valence-corrected chi connectivity index (χ0v) is 24.9. The molecule has 184 valence electrons. The fraction of sp³-hybridized carbons (Fsp3) is 0.926. The molecular weight excluding hydrogens is 427 g/mol. The molecule has 0 spiro atoms. The smallest absolute Gasteiger partial charge is 0.358 e. The van der Waals surface area contributed by atoms with Crippen molar-refractivity contribution in [3.05, 3.63) is 14.9 Å². The molecule has 2 saturated carbocycles. The van der Waals surface area contributed by atoms with Crippen molar-refractivity contribution >= 4 is 8.15 Å². The second-order valence-electron chi connectivity index (χ2n) is 12.7. The molecule has 2 rings (SSSR count). The Balaban J connectivity index is -0.000000796. The average molecular weight is 486 g/mol. The Morgan fingerprint density at radius 2 is 1.07 bits per heavy atom. The normalized spacial score (nSPS) is 24.0. The molecule has 0 radical (unpaired) electrons. The van der Waals surface area contributed by atoms with Crippen LogP contribution in [0.1, 0.15) is 121 Å². The van der Waals surface area contributed by atoms with Crippen molar-refractivity contribution in [1.29, 1.82) is 0 Å². The molecule has 4 atom stereocenters. The van der Waals surface area contributed by atoms with Crippen LogP contribution in [0, 0.1) is 43.4 Å². The Hall–Kier alpha value is 0.909. The van der Waals surface area contributed by atoms with E-state index in [2.05, 4.69) is 69.2 Å². The second kappa shape index (κ2) is 14.2. The molecule has 30 heavy (non-hydrogen) atoms. The van der Waals surface area contributed by atoms with E-state index in [0.717, 1.165) is 0 Å². The zero-order chi connectivity index (χ0) is 21.0. The van der Waals surface area contributed by atoms with Gasteiger partial charge in [0.1, 0.15) is 8.15 Å². The molecule has 0 bridgehead atoms. The van der Waals surface area contributed by atoms with E-state index in [1.165, 1.54) is 51.4 Å². The van der Waals surface area contributed by atoms with Crippen molar-refractivity contribution < 1.29 is 22.0 Å². The standard InChI is InChI=1S/C20H41OP.C5H10.2CH3.Fe/c1-14(17(18(2,3)4)19(5,6)7)15-12-11-13-16(15)22(21)20(8,9)10;1-2-4-5-3-1;;;/h14-17,21H,11-13H2,1-10H3;1-5H2;2*1H3;/q;;2*-1;+2/p+1/t14-,15?,16?,22?;;;;/m1..../s1. The fourth-order valence-corrected chi connectivity index (χ4v) is 8.99. The van der Waals surface area contributed by atoms with E-state index in [1.807, 2.05) is 0 Å². The Kier molecular flexibility index (Phi) is 16.8. The van der Waals surface area contributed by atoms with Crippen LogP contribution in [0.25, 0.3) is 0 Å². The van der Waals surface area contributed by atoms with Crippen molar-refractivity contribution in [3.63, 3.8) is 0 Å². The molecule has 0 aromatic carbocycles. The first kappa shape index (κ1) is 35.5. The molecule has 0 aliphatic heterocycles. The van der Waals surface area contributed by atoms with Crippen LogP contribution in [-0.2, 0) is 17.1 Å². The molecule has 2 aliphatic carbocycles. The zero-order valence-electron chi connectivity index (χ0n) is 22.8. The summed E-state index contributed by atoms with van der Waals surface area (Å²) in [5.41, 5.74) is 1.20. The third-order valence-corrected chi connectivity index (χ3v) is 9.96. The Bertz CT molecular complexity index is 404. The molecular formula is C27H58FeOP+. The SMILES string of the molecule is C1CCCC1.C[C@H](C1CCCC1[PH+](O)C(C)(C)C)C(C(C)(C)C)C(C)(C)C.[CH3-].[CH3-].[Fe+2]. The largest absolute Gasteiger partial charge is 2.00 e. The summed E-state index contributed by atoms with van der Waals surface area (Å²) >= 11 is 0. The van der Waals surface area contributed by atoms with Crippen LogP contribution < -0.4 is 0 Å². The van der Waals surface area contributed by atoms with Crippen molar-refractivity contribution in [3.8, 4) is 0 Å². The van der Waals surface area contributed by atoms with Crippen LogP contribution in [-0.4, -0.2) is 15.7 Å². The van der Waals surface area contributed by atoms with Crippen LogP contribution in [0.3, 0.4) is 0 Å². The van der Waals surface area contributed by atoms with Crippen LogP contribution in [0.4, 0.5) is 0 Å². The summed E-state index contributed by atoms with van der Waals surface area (Å²) in [7, 11) is -1.30. The van der Waals surface area contributed by atoms with E-state index in [4.69, 9.17) is 0 Å². The van der Waals surface area contributed by atoms with Gasteiger partial charge in [0.15, 0.2) is 0 Å². The van der Waals surface area contributed by atoms with E-state index < -0.39 is 8.15 Å². The molecule has 2 fully saturated rings. The summed E-state index contributed by atoms with van der Waals surface area (Å²) < 4.78 is 0. The van der Waals surface area contributed by atoms with Crippen LogP contribution >= 0.6 is 8.15 Å². The van der Waals surface area contributed by atoms with Gasteiger partial charge < -0.3 is 14.9 Å². The average Bonchev–Trinajstić information content (AvgIpc) is 3.16. The predicted octanol–water partition coefficient (Wildman–Crippen LogP) is 9.27. The molecule has 2 aliphatic rings. The summed E-state index contributed by atoms with van der Waals surface area (Å²) in [6.07, 6.45) is 11.4. The van der Waals surface area contributed by atoms with Gasteiger partial charge in [-0.15, -0.1) is 0 Å². The molecule has 0 aromatic heterocycles. The predicted molar refractivity (Wildman–Crippen MR) is 139 cm³/mol. The summed E-state index contributed by atoms with van der Waals surface area (Å²) in [6, 6.07) is 0. The third-order valence-electron chi connectivity index (χ3n) is 7.01. The Labute approximate surface area is 204 Å². The Morgan fingerprint density at radius 1 is 0.700 bits per heavy atom. The molecule has 0 heterocycles. The van der Waals surface area contributed by atoms with E-state index in [1.54, 1.807) is 0 Å². The quantitative estimate of drug-likeness (QED) is 0.240. The summed E-state index contributed by atoms with van der Waals surface area (Å²) in [5, 5.41) is 0.0939. The minimum atomic E-state index is -1.30. The van der Waals surface area contributed by atoms with Gasteiger partial charge in [-0.3, -0.25) is 4.89 Å². The second-order valence-corrected chi connectivity index (χ2v) is 15.7. The Morgan fingerprint density at radius 3 is 1.37 bits per heavy atom. The minimum Gasteiger partial charge on any atom is -0.358 e. The molecule has 3 heteroatoms. The van der Waals surface area contributed by atoms with E-state index in [9.17, 15) is 4.89 Å². The van der Waals surface area contributed by atoms with Gasteiger partial charge in [0.05, 0.1) is 10.8 Å². The first-order valence-electron chi connectivity index (χ1n) is 11.7. The van der Waals surface area contributed by atoms with Crippen molar-refractivity contribution in [1.82, 2.24) is 0 Å². The van der Waals surface area contributed by atoms with Gasteiger partial charge in [0, 0.05) is 5.92 Å². The molecule has 1 nitrogen and oxygen atoms in total. The van der Waals surface area contributed by atoms with E-state index >= 15 is 0 Å². The number of hydrogen-bond acceptors (Lipinski definition) is 1. The maximum absolute atomic E-state index is 11.0. The molecule has 1 N–H and O–H groups in total. The summed E-state index contributed by atoms with van der Waals surface area (Å²) in [6.45, 7) is 23.6. The van der Waals surface area contributed by atoms with Gasteiger partial charge in [-0.1, -0.05) is 80.6 Å². The molecule has 0 amide bonds. The molecule has 0 aromatic rings. The third kappa shape index (κ3) is 10.7. The van der Waals surface area contributed by atoms with E-state index in [-0.39, 0.29) is 37.1 Å². The fourth-order valence-electron chi connectivity index (χ4n) is 6.52. The first-order valence-corrected chi connectivity index (χ1v) is 13.3. The van der Waals surface area contributed by atoms with Crippen LogP contribution in [0.5, 0.6) is 0 Å².